The first-order valence-corrected chi connectivity index (χ1v) is 0. The van der Waals surface area contributed by atoms with E-state index in [-0.39, 0.29) is 223 Å². The Hall–Kier alpha value is 5.38. The van der Waals surface area contributed by atoms with E-state index in [1.807, 2.05) is 0 Å². The quantitative estimate of drug-likeness (QED) is 0.251. The second kappa shape index (κ2) is 226. The molecule has 0 spiro atoms. The van der Waals surface area contributed by atoms with Crippen LogP contribution in [0.4, 0.5) is 0 Å². The van der Waals surface area contributed by atoms with E-state index < -0.39 is 0 Å². The summed E-state index contributed by atoms with van der Waals surface area (Å²) in [5, 5.41) is 0. The maximum absolute atomic E-state index is 0. The zero-order valence-electron chi connectivity index (χ0n) is 6.54. The Balaban J connectivity index is 0. The average molecular weight is 714 g/mol. The fraction of sp³-hybridized carbons (Fsp3) is 0. The summed E-state index contributed by atoms with van der Waals surface area (Å²) in [6.07, 6.45) is 0. The molecule has 0 heterocycles. The van der Waals surface area contributed by atoms with Gasteiger partial charge in [-0.15, -0.1) is 0 Å². The first-order chi connectivity index (χ1) is 0. The van der Waals surface area contributed by atoms with E-state index in [4.69, 9.17) is 0 Å². The minimum Gasteiger partial charge on any atom is -2.00 e. The van der Waals surface area contributed by atoms with Gasteiger partial charge >= 0.3 is 174 Å². The van der Waals surface area contributed by atoms with Gasteiger partial charge in [-0.3, -0.25) is 0 Å². The van der Waals surface area contributed by atoms with E-state index in [9.17, 15) is 0 Å². The van der Waals surface area contributed by atoms with Gasteiger partial charge < -0.3 is 49.3 Å². The minimum absolute atomic E-state index is 0. The molecule has 0 unspecified atom stereocenters. The van der Waals surface area contributed by atoms with Gasteiger partial charge in [0.15, 0.2) is 0 Å². The largest absolute Gasteiger partial charge is 3.00 e. The Bertz CT molecular complexity index is 24.1. The van der Waals surface area contributed by atoms with Crippen LogP contribution in [-0.4, -0.2) is 34.7 Å². The van der Waals surface area contributed by atoms with Crippen molar-refractivity contribution < 1.29 is 188 Å². The number of hydrogen-bond acceptors (Lipinski definition) is 0. The molecule has 0 saturated carbocycles. The Morgan fingerprint density at radius 1 is 0.267 bits per heavy atom. The van der Waals surface area contributed by atoms with Gasteiger partial charge in [0.1, 0.15) is 0 Å². The summed E-state index contributed by atoms with van der Waals surface area (Å²) >= 11 is 0. The Kier molecular flexibility index (Phi) is 3990. The summed E-state index contributed by atoms with van der Waals surface area (Å²) in [4.78, 5) is 0. The Morgan fingerprint density at radius 2 is 0.267 bits per heavy atom. The molecule has 0 aliphatic carbocycles. The average Bonchev–Trinajstić information content (AvgIpc) is 0. The predicted octanol–water partition coefficient (Wildman–Crippen LogP) is -1.84. The van der Waals surface area contributed by atoms with Crippen LogP contribution in [0.5, 0.6) is 0 Å². The molecule has 0 aliphatic rings. The van der Waals surface area contributed by atoms with Crippen LogP contribution in [-0.2, 0) is 115 Å². The van der Waals surface area contributed by atoms with Gasteiger partial charge in [0.05, 0.1) is 0 Å². The van der Waals surface area contributed by atoms with Crippen molar-refractivity contribution in [1.29, 1.82) is 0 Å². The third kappa shape index (κ3) is 202. The second-order valence-electron chi connectivity index (χ2n) is 0. The summed E-state index contributed by atoms with van der Waals surface area (Å²) in [6, 6.07) is 0. The molecule has 9 nitrogen and oxygen atoms in total. The monoisotopic (exact) mass is 714 g/mol. The molecule has 0 rings (SSSR count). The van der Waals surface area contributed by atoms with Crippen LogP contribution in [0, 0.1) is 73.7 Å². The summed E-state index contributed by atoms with van der Waals surface area (Å²) in [6.45, 7) is 0. The summed E-state index contributed by atoms with van der Waals surface area (Å²) in [7, 11) is 0. The zero-order valence-corrected chi connectivity index (χ0v) is 18.1. The van der Waals surface area contributed by atoms with Crippen molar-refractivity contribution in [3.8, 4) is 0 Å². The van der Waals surface area contributed by atoms with Crippen molar-refractivity contribution in [2.45, 2.75) is 0 Å². The number of hydrogen-bond donors (Lipinski definition) is 0. The Morgan fingerprint density at radius 3 is 0.267 bits per heavy atom. The summed E-state index contributed by atoms with van der Waals surface area (Å²) < 4.78 is 0. The molecule has 0 bridgehead atoms. The predicted molar refractivity (Wildman–Crippen MR) is 17.7 cm³/mol. The van der Waals surface area contributed by atoms with Crippen LogP contribution in [0.15, 0.2) is 0 Å². The molecule has 0 saturated heterocycles. The van der Waals surface area contributed by atoms with E-state index in [1.165, 1.54) is 0 Å². The molecular formula is Al2O9Tm2Y2. The molecular weight excluding hydrogens is 714 g/mol. The molecule has 0 N–H and O–H groups in total. The molecule has 15 heavy (non-hydrogen) atoms. The topological polar surface area (TPSA) is 256 Å². The molecule has 0 fully saturated rings. The zero-order chi connectivity index (χ0) is 0. The smallest absolute Gasteiger partial charge is 2.00 e. The van der Waals surface area contributed by atoms with Crippen molar-refractivity contribution in [3.63, 3.8) is 0 Å². The van der Waals surface area contributed by atoms with Crippen molar-refractivity contribution in [3.05, 3.63) is 0 Å². The van der Waals surface area contributed by atoms with Crippen molar-refractivity contribution in [2.24, 2.45) is 0 Å². The molecule has 0 atom stereocenters. The van der Waals surface area contributed by atoms with E-state index >= 15 is 0 Å². The van der Waals surface area contributed by atoms with Crippen LogP contribution in [0.3, 0.4) is 0 Å². The first kappa shape index (κ1) is 264. The first-order valence-electron chi connectivity index (χ1n) is 0. The standard InChI is InChI=1S/2Al.9O.2Tm.2Y/q2*+3;9*-2;4*+3. The van der Waals surface area contributed by atoms with Gasteiger partial charge in [-0.2, -0.15) is 0 Å². The van der Waals surface area contributed by atoms with Crippen molar-refractivity contribution in [1.82, 2.24) is 0 Å². The van der Waals surface area contributed by atoms with Crippen LogP contribution >= 0.6 is 0 Å². The number of rotatable bonds is 0. The molecule has 0 aromatic rings. The van der Waals surface area contributed by atoms with Gasteiger partial charge in [-0.1, -0.05) is 0 Å². The fourth-order valence-corrected chi connectivity index (χ4v) is 0. The SMILES string of the molecule is [Al+3].[Al+3].[O-2].[O-2].[O-2].[O-2].[O-2].[O-2].[O-2].[O-2].[O-2].[Tm+3].[Tm+3].[Y+3].[Y+3]. The van der Waals surface area contributed by atoms with Crippen molar-refractivity contribution in [2.75, 3.05) is 0 Å². The molecule has 15 heteroatoms. The van der Waals surface area contributed by atoms with Crippen LogP contribution in [0.25, 0.3) is 0 Å². The van der Waals surface area contributed by atoms with E-state index in [2.05, 4.69) is 0 Å². The van der Waals surface area contributed by atoms with Gasteiger partial charge in [0.25, 0.3) is 0 Å². The Labute approximate surface area is 218 Å². The molecule has 0 radical (unpaired) electrons. The minimum atomic E-state index is 0. The van der Waals surface area contributed by atoms with E-state index in [1.54, 1.807) is 0 Å². The van der Waals surface area contributed by atoms with Gasteiger partial charge in [-0.25, -0.2) is 0 Å². The van der Waals surface area contributed by atoms with E-state index in [0.29, 0.717) is 0 Å². The fourth-order valence-electron chi connectivity index (χ4n) is 0. The molecule has 0 amide bonds. The van der Waals surface area contributed by atoms with Gasteiger partial charge in [0, 0.05) is 0 Å². The molecule has 92 valence electrons. The van der Waals surface area contributed by atoms with Gasteiger partial charge in [0.2, 0.25) is 0 Å². The maximum atomic E-state index is 0. The van der Waals surface area contributed by atoms with Crippen LogP contribution in [0.1, 0.15) is 0 Å². The summed E-state index contributed by atoms with van der Waals surface area (Å²) in [5.74, 6) is 0. The van der Waals surface area contributed by atoms with Crippen LogP contribution < -0.4 is 0 Å². The third-order valence-electron chi connectivity index (χ3n) is 0. The maximum Gasteiger partial charge on any atom is 3.00 e. The van der Waals surface area contributed by atoms with Gasteiger partial charge in [-0.05, 0) is 0 Å². The second-order valence-corrected chi connectivity index (χ2v) is 0. The van der Waals surface area contributed by atoms with E-state index in [0.717, 1.165) is 0 Å². The molecule has 0 aromatic carbocycles. The molecule has 0 aliphatic heterocycles. The molecule has 0 aromatic heterocycles. The van der Waals surface area contributed by atoms with Crippen LogP contribution in [0.2, 0.25) is 0 Å². The third-order valence-corrected chi connectivity index (χ3v) is 0. The summed E-state index contributed by atoms with van der Waals surface area (Å²) in [5.41, 5.74) is 0. The normalized spacial score (nSPS) is 0. The van der Waals surface area contributed by atoms with Crippen molar-refractivity contribution >= 4 is 34.7 Å².